The molecule has 0 amide bonds. The van der Waals surface area contributed by atoms with Crippen LogP contribution in [0.3, 0.4) is 0 Å². The van der Waals surface area contributed by atoms with Gasteiger partial charge in [-0.25, -0.2) is 0 Å². The first-order valence-electron chi connectivity index (χ1n) is 8.00. The summed E-state index contributed by atoms with van der Waals surface area (Å²) in [5, 5.41) is 12.9. The summed E-state index contributed by atoms with van der Waals surface area (Å²) in [4.78, 5) is 2.62. The predicted octanol–water partition coefficient (Wildman–Crippen LogP) is 3.31. The molecule has 1 fully saturated rings. The third kappa shape index (κ3) is 4.47. The Hall–Kier alpha value is -0.590. The maximum atomic E-state index is 9.47. The van der Waals surface area contributed by atoms with Gasteiger partial charge < -0.3 is 0 Å². The molecule has 0 aromatic rings. The molecule has 0 aromatic heterocycles. The first kappa shape index (κ1) is 16.5. The first-order valence-corrected chi connectivity index (χ1v) is 8.00. The van der Waals surface area contributed by atoms with Crippen molar-refractivity contribution in [2.24, 2.45) is 0 Å². The quantitative estimate of drug-likeness (QED) is 0.684. The van der Waals surface area contributed by atoms with E-state index < -0.39 is 0 Å². The molecule has 1 saturated carbocycles. The minimum absolute atomic E-state index is 0.267. The molecule has 1 N–H and O–H groups in total. The zero-order valence-electron chi connectivity index (χ0n) is 13.2. The fourth-order valence-electron chi connectivity index (χ4n) is 3.35. The van der Waals surface area contributed by atoms with Crippen molar-refractivity contribution in [3.05, 3.63) is 0 Å². The minimum Gasteiger partial charge on any atom is -0.300 e. The molecule has 1 aliphatic rings. The third-order valence-electron chi connectivity index (χ3n) is 4.37. The molecule has 2 atom stereocenters. The standard InChI is InChI=1S/C16H31N3/c1-5-7-8-11-19(14(3)4)15-9-10-16(12-15,13-17)18-6-2/h14-15,18H,5-12H2,1-4H3. The van der Waals surface area contributed by atoms with E-state index in [0.29, 0.717) is 12.1 Å². The topological polar surface area (TPSA) is 39.1 Å². The summed E-state index contributed by atoms with van der Waals surface area (Å²) in [7, 11) is 0. The summed E-state index contributed by atoms with van der Waals surface area (Å²) in [6.07, 6.45) is 7.01. The van der Waals surface area contributed by atoms with Crippen LogP contribution in [0.4, 0.5) is 0 Å². The lowest BCUT2D eigenvalue weighted by atomic mass is 9.99. The molecule has 0 bridgehead atoms. The fourth-order valence-corrected chi connectivity index (χ4v) is 3.35. The Kier molecular flexibility index (Phi) is 6.82. The second kappa shape index (κ2) is 7.87. The molecule has 1 aliphatic carbocycles. The highest BCUT2D eigenvalue weighted by Crippen LogP contribution is 2.33. The van der Waals surface area contributed by atoms with Crippen LogP contribution in [0.25, 0.3) is 0 Å². The van der Waals surface area contributed by atoms with E-state index in [1.807, 2.05) is 0 Å². The molecular weight excluding hydrogens is 234 g/mol. The van der Waals surface area contributed by atoms with Gasteiger partial charge in [-0.1, -0.05) is 26.7 Å². The average molecular weight is 265 g/mol. The van der Waals surface area contributed by atoms with Crippen molar-refractivity contribution < 1.29 is 0 Å². The van der Waals surface area contributed by atoms with Crippen LogP contribution >= 0.6 is 0 Å². The highest BCUT2D eigenvalue weighted by atomic mass is 15.2. The number of rotatable bonds is 8. The van der Waals surface area contributed by atoms with Crippen molar-refractivity contribution in [3.8, 4) is 6.07 Å². The molecular formula is C16H31N3. The van der Waals surface area contributed by atoms with E-state index in [2.05, 4.69) is 44.0 Å². The molecule has 3 nitrogen and oxygen atoms in total. The van der Waals surface area contributed by atoms with Crippen LogP contribution < -0.4 is 5.32 Å². The van der Waals surface area contributed by atoms with E-state index in [0.717, 1.165) is 25.8 Å². The Balaban J connectivity index is 2.60. The maximum absolute atomic E-state index is 9.47. The smallest absolute Gasteiger partial charge is 0.108 e. The Morgan fingerprint density at radius 2 is 2.11 bits per heavy atom. The highest BCUT2D eigenvalue weighted by molar-refractivity contribution is 5.13. The van der Waals surface area contributed by atoms with Gasteiger partial charge in [-0.3, -0.25) is 10.2 Å². The van der Waals surface area contributed by atoms with Crippen molar-refractivity contribution >= 4 is 0 Å². The van der Waals surface area contributed by atoms with Crippen molar-refractivity contribution in [1.29, 1.82) is 5.26 Å². The normalized spacial score (nSPS) is 27.1. The van der Waals surface area contributed by atoms with Gasteiger partial charge in [-0.2, -0.15) is 5.26 Å². The summed E-state index contributed by atoms with van der Waals surface area (Å²) in [5.41, 5.74) is -0.267. The van der Waals surface area contributed by atoms with Crippen molar-refractivity contribution in [2.75, 3.05) is 13.1 Å². The number of hydrogen-bond donors (Lipinski definition) is 1. The lowest BCUT2D eigenvalue weighted by Crippen LogP contribution is -2.45. The van der Waals surface area contributed by atoms with Crippen LogP contribution in [-0.2, 0) is 0 Å². The zero-order valence-corrected chi connectivity index (χ0v) is 13.2. The molecule has 2 unspecified atom stereocenters. The van der Waals surface area contributed by atoms with Gasteiger partial charge in [0.05, 0.1) is 6.07 Å². The summed E-state index contributed by atoms with van der Waals surface area (Å²) < 4.78 is 0. The van der Waals surface area contributed by atoms with E-state index in [-0.39, 0.29) is 5.54 Å². The maximum Gasteiger partial charge on any atom is 0.108 e. The molecule has 0 heterocycles. The van der Waals surface area contributed by atoms with Crippen LogP contribution in [0.5, 0.6) is 0 Å². The second-order valence-electron chi connectivity index (χ2n) is 6.16. The van der Waals surface area contributed by atoms with E-state index in [1.165, 1.54) is 25.8 Å². The van der Waals surface area contributed by atoms with Crippen molar-refractivity contribution in [2.45, 2.75) is 83.8 Å². The molecule has 0 saturated heterocycles. The van der Waals surface area contributed by atoms with Crippen molar-refractivity contribution in [1.82, 2.24) is 10.2 Å². The molecule has 0 aromatic carbocycles. The van der Waals surface area contributed by atoms with Gasteiger partial charge in [0, 0.05) is 12.1 Å². The Morgan fingerprint density at radius 3 is 2.63 bits per heavy atom. The summed E-state index contributed by atoms with van der Waals surface area (Å²) >= 11 is 0. The van der Waals surface area contributed by atoms with Crippen LogP contribution in [0, 0.1) is 11.3 Å². The molecule has 19 heavy (non-hydrogen) atoms. The van der Waals surface area contributed by atoms with Crippen LogP contribution in [0.2, 0.25) is 0 Å². The fraction of sp³-hybridized carbons (Fsp3) is 0.938. The third-order valence-corrected chi connectivity index (χ3v) is 4.37. The van der Waals surface area contributed by atoms with Crippen LogP contribution in [0.1, 0.15) is 66.2 Å². The highest BCUT2D eigenvalue weighted by Gasteiger charge is 2.41. The van der Waals surface area contributed by atoms with E-state index in [4.69, 9.17) is 0 Å². The number of hydrogen-bond acceptors (Lipinski definition) is 3. The average Bonchev–Trinajstić information content (AvgIpc) is 2.79. The Morgan fingerprint density at radius 1 is 1.37 bits per heavy atom. The predicted molar refractivity (Wildman–Crippen MR) is 81.0 cm³/mol. The van der Waals surface area contributed by atoms with Gasteiger partial charge in [0.15, 0.2) is 0 Å². The summed E-state index contributed by atoms with van der Waals surface area (Å²) in [5.74, 6) is 0. The molecule has 1 rings (SSSR count). The molecule has 3 heteroatoms. The second-order valence-corrected chi connectivity index (χ2v) is 6.16. The first-order chi connectivity index (χ1) is 9.08. The number of unbranched alkanes of at least 4 members (excludes halogenated alkanes) is 2. The number of nitriles is 1. The molecule has 0 aliphatic heterocycles. The molecule has 110 valence electrons. The van der Waals surface area contributed by atoms with Crippen LogP contribution in [0.15, 0.2) is 0 Å². The van der Waals surface area contributed by atoms with Crippen LogP contribution in [-0.4, -0.2) is 35.6 Å². The van der Waals surface area contributed by atoms with Crippen molar-refractivity contribution in [3.63, 3.8) is 0 Å². The minimum atomic E-state index is -0.267. The molecule has 0 radical (unpaired) electrons. The van der Waals surface area contributed by atoms with Gasteiger partial charge in [0.1, 0.15) is 5.54 Å². The monoisotopic (exact) mass is 265 g/mol. The zero-order chi connectivity index (χ0) is 14.3. The van der Waals surface area contributed by atoms with Gasteiger partial charge >= 0.3 is 0 Å². The lowest BCUT2D eigenvalue weighted by Gasteiger charge is -2.33. The van der Waals surface area contributed by atoms with Gasteiger partial charge in [0.2, 0.25) is 0 Å². The largest absolute Gasteiger partial charge is 0.300 e. The van der Waals surface area contributed by atoms with E-state index in [1.54, 1.807) is 0 Å². The van der Waals surface area contributed by atoms with E-state index >= 15 is 0 Å². The Labute approximate surface area is 119 Å². The summed E-state index contributed by atoms with van der Waals surface area (Å²) in [6, 6.07) is 3.69. The van der Waals surface area contributed by atoms with Gasteiger partial charge in [0.25, 0.3) is 0 Å². The lowest BCUT2D eigenvalue weighted by molar-refractivity contribution is 0.147. The van der Waals surface area contributed by atoms with Gasteiger partial charge in [-0.15, -0.1) is 0 Å². The Bertz CT molecular complexity index is 295. The summed E-state index contributed by atoms with van der Waals surface area (Å²) in [6.45, 7) is 11.0. The number of nitrogens with one attached hydrogen (secondary N) is 1. The number of nitrogens with zero attached hydrogens (tertiary/aromatic N) is 2. The molecule has 0 spiro atoms. The van der Waals surface area contributed by atoms with Gasteiger partial charge in [-0.05, 0) is 52.6 Å². The SMILES string of the molecule is CCCCCN(C(C)C)C1CCC(C#N)(NCC)C1. The van der Waals surface area contributed by atoms with E-state index in [9.17, 15) is 5.26 Å².